The third-order valence-corrected chi connectivity index (χ3v) is 5.36. The number of carbonyl (C=O) groups excluding carboxylic acids is 1. The van der Waals surface area contributed by atoms with Gasteiger partial charge in [0.15, 0.2) is 15.6 Å². The Labute approximate surface area is 149 Å². The largest absolute Gasteiger partial charge is 0.458 e. The van der Waals surface area contributed by atoms with Gasteiger partial charge in [-0.25, -0.2) is 13.4 Å². The molecule has 0 bridgehead atoms. The van der Waals surface area contributed by atoms with E-state index < -0.39 is 9.84 Å². The Balaban J connectivity index is 1.68. The van der Waals surface area contributed by atoms with Gasteiger partial charge < -0.3 is 9.73 Å². The first-order chi connectivity index (χ1) is 11.8. The number of sulfone groups is 1. The highest BCUT2D eigenvalue weighted by atomic mass is 32.2. The number of amides is 1. The number of nitrogens with one attached hydrogen (secondary N) is 1. The van der Waals surface area contributed by atoms with E-state index in [0.29, 0.717) is 11.5 Å². The van der Waals surface area contributed by atoms with Crippen LogP contribution in [-0.2, 0) is 16.4 Å². The van der Waals surface area contributed by atoms with Crippen LogP contribution in [0.3, 0.4) is 0 Å². The molecule has 0 fully saturated rings. The van der Waals surface area contributed by atoms with E-state index in [0.717, 1.165) is 17.0 Å². The van der Waals surface area contributed by atoms with Crippen molar-refractivity contribution in [2.24, 2.45) is 0 Å². The molecule has 2 aromatic heterocycles. The molecule has 1 amide bonds. The maximum Gasteiger partial charge on any atom is 0.251 e. The molecule has 6 nitrogen and oxygen atoms in total. The van der Waals surface area contributed by atoms with Crippen LogP contribution < -0.4 is 5.32 Å². The summed E-state index contributed by atoms with van der Waals surface area (Å²) in [6, 6.07) is 9.50. The molecule has 1 N–H and O–H groups in total. The van der Waals surface area contributed by atoms with Crippen LogP contribution >= 0.6 is 11.3 Å². The van der Waals surface area contributed by atoms with E-state index >= 15 is 0 Å². The zero-order valence-corrected chi connectivity index (χ0v) is 15.3. The van der Waals surface area contributed by atoms with Crippen molar-refractivity contribution in [1.29, 1.82) is 0 Å². The standard InChI is InChI=1S/C17H16N2O4S2/c1-11-19-15(10-24-11)16-7-6-13(23-16)9-18-17(20)12-4-3-5-14(8-12)25(2,21)22/h3-8,10H,9H2,1-2H3,(H,18,20). The van der Waals surface area contributed by atoms with Crippen LogP contribution in [0.1, 0.15) is 21.1 Å². The van der Waals surface area contributed by atoms with Crippen molar-refractivity contribution in [3.05, 3.63) is 58.1 Å². The molecule has 3 aromatic rings. The van der Waals surface area contributed by atoms with Gasteiger partial charge in [-0.1, -0.05) is 6.07 Å². The van der Waals surface area contributed by atoms with Crippen molar-refractivity contribution in [3.63, 3.8) is 0 Å². The van der Waals surface area contributed by atoms with E-state index in [1.165, 1.54) is 23.5 Å². The third-order valence-electron chi connectivity index (χ3n) is 3.48. The van der Waals surface area contributed by atoms with Crippen LogP contribution in [0.25, 0.3) is 11.5 Å². The zero-order chi connectivity index (χ0) is 18.0. The third kappa shape index (κ3) is 4.15. The number of aromatic nitrogens is 1. The first kappa shape index (κ1) is 17.4. The molecule has 1 aromatic carbocycles. The molecule has 0 aliphatic carbocycles. The fraction of sp³-hybridized carbons (Fsp3) is 0.176. The van der Waals surface area contributed by atoms with Crippen LogP contribution in [0.4, 0.5) is 0 Å². The molecule has 130 valence electrons. The van der Waals surface area contributed by atoms with Gasteiger partial charge in [-0.3, -0.25) is 4.79 Å². The van der Waals surface area contributed by atoms with Gasteiger partial charge in [0.05, 0.1) is 16.4 Å². The van der Waals surface area contributed by atoms with Crippen molar-refractivity contribution in [2.75, 3.05) is 6.26 Å². The molecule has 0 spiro atoms. The minimum Gasteiger partial charge on any atom is -0.458 e. The summed E-state index contributed by atoms with van der Waals surface area (Å²) >= 11 is 1.54. The second-order valence-electron chi connectivity index (χ2n) is 5.50. The number of nitrogens with zero attached hydrogens (tertiary/aromatic N) is 1. The fourth-order valence-electron chi connectivity index (χ4n) is 2.22. The summed E-state index contributed by atoms with van der Waals surface area (Å²) < 4.78 is 28.8. The van der Waals surface area contributed by atoms with Gasteiger partial charge in [0.2, 0.25) is 0 Å². The lowest BCUT2D eigenvalue weighted by Gasteiger charge is -2.05. The quantitative estimate of drug-likeness (QED) is 0.739. The lowest BCUT2D eigenvalue weighted by atomic mass is 10.2. The Morgan fingerprint density at radius 3 is 2.76 bits per heavy atom. The molecule has 3 rings (SSSR count). The Bertz CT molecular complexity index is 1020. The molecule has 0 saturated heterocycles. The maximum atomic E-state index is 12.2. The Morgan fingerprint density at radius 1 is 1.28 bits per heavy atom. The van der Waals surface area contributed by atoms with Gasteiger partial charge in [-0.05, 0) is 37.3 Å². The summed E-state index contributed by atoms with van der Waals surface area (Å²) in [5, 5.41) is 5.58. The van der Waals surface area contributed by atoms with Crippen LogP contribution in [0.15, 0.2) is 51.1 Å². The van der Waals surface area contributed by atoms with Crippen LogP contribution in [0.5, 0.6) is 0 Å². The molecule has 0 saturated carbocycles. The summed E-state index contributed by atoms with van der Waals surface area (Å²) in [6.07, 6.45) is 1.11. The SMILES string of the molecule is Cc1nc(-c2ccc(CNC(=O)c3cccc(S(C)(=O)=O)c3)o2)cs1. The molecule has 0 unspecified atom stereocenters. The molecular weight excluding hydrogens is 360 g/mol. The Kier molecular flexibility index (Phi) is 4.73. The molecule has 8 heteroatoms. The molecule has 2 heterocycles. The summed E-state index contributed by atoms with van der Waals surface area (Å²) in [6.45, 7) is 2.12. The topological polar surface area (TPSA) is 89.3 Å². The lowest BCUT2D eigenvalue weighted by molar-refractivity contribution is 0.0948. The number of carbonyl (C=O) groups is 1. The van der Waals surface area contributed by atoms with E-state index in [1.54, 1.807) is 24.3 Å². The number of hydrogen-bond donors (Lipinski definition) is 1. The maximum absolute atomic E-state index is 12.2. The van der Waals surface area contributed by atoms with Crippen molar-refractivity contribution in [1.82, 2.24) is 10.3 Å². The number of hydrogen-bond acceptors (Lipinski definition) is 6. The molecule has 0 aliphatic rings. The molecule has 0 aliphatic heterocycles. The zero-order valence-electron chi connectivity index (χ0n) is 13.6. The van der Waals surface area contributed by atoms with Gasteiger partial charge in [0.25, 0.3) is 5.91 Å². The molecule has 25 heavy (non-hydrogen) atoms. The molecule has 0 radical (unpaired) electrons. The summed E-state index contributed by atoms with van der Waals surface area (Å²) in [5.41, 5.74) is 1.05. The number of aryl methyl sites for hydroxylation is 1. The van der Waals surface area contributed by atoms with Gasteiger partial charge >= 0.3 is 0 Å². The fourth-order valence-corrected chi connectivity index (χ4v) is 3.49. The first-order valence-corrected chi connectivity index (χ1v) is 10.2. The van der Waals surface area contributed by atoms with Crippen LogP contribution in [0, 0.1) is 6.92 Å². The number of rotatable bonds is 5. The smallest absolute Gasteiger partial charge is 0.251 e. The first-order valence-electron chi connectivity index (χ1n) is 7.42. The van der Waals surface area contributed by atoms with Crippen LogP contribution in [-0.4, -0.2) is 25.6 Å². The second-order valence-corrected chi connectivity index (χ2v) is 8.58. The molecule has 0 atom stereocenters. The van der Waals surface area contributed by atoms with Gasteiger partial charge in [0.1, 0.15) is 11.5 Å². The summed E-state index contributed by atoms with van der Waals surface area (Å²) in [4.78, 5) is 16.7. The average Bonchev–Trinajstić information content (AvgIpc) is 3.20. The monoisotopic (exact) mass is 376 g/mol. The Morgan fingerprint density at radius 2 is 2.08 bits per heavy atom. The predicted molar refractivity (Wildman–Crippen MR) is 95.3 cm³/mol. The van der Waals surface area contributed by atoms with Gasteiger partial charge in [0, 0.05) is 17.2 Å². The highest BCUT2D eigenvalue weighted by Gasteiger charge is 2.13. The van der Waals surface area contributed by atoms with E-state index in [2.05, 4.69) is 10.3 Å². The van der Waals surface area contributed by atoms with Crippen molar-refractivity contribution >= 4 is 27.1 Å². The van der Waals surface area contributed by atoms with Crippen molar-refractivity contribution in [3.8, 4) is 11.5 Å². The predicted octanol–water partition coefficient (Wildman–Crippen LogP) is 3.05. The highest BCUT2D eigenvalue weighted by Crippen LogP contribution is 2.23. The summed E-state index contributed by atoms with van der Waals surface area (Å²) in [5.74, 6) is 0.869. The minimum atomic E-state index is -3.36. The van der Waals surface area contributed by atoms with Gasteiger partial charge in [-0.2, -0.15) is 0 Å². The number of thiazole rings is 1. The Hall–Kier alpha value is -2.45. The second kappa shape index (κ2) is 6.81. The molecular formula is C17H16N2O4S2. The normalized spacial score (nSPS) is 11.4. The lowest BCUT2D eigenvalue weighted by Crippen LogP contribution is -2.22. The van der Waals surface area contributed by atoms with Gasteiger partial charge in [-0.15, -0.1) is 11.3 Å². The van der Waals surface area contributed by atoms with E-state index in [9.17, 15) is 13.2 Å². The average molecular weight is 376 g/mol. The van der Waals surface area contributed by atoms with Crippen LogP contribution in [0.2, 0.25) is 0 Å². The number of furan rings is 1. The van der Waals surface area contributed by atoms with E-state index in [4.69, 9.17) is 4.42 Å². The number of benzene rings is 1. The minimum absolute atomic E-state index is 0.110. The van der Waals surface area contributed by atoms with E-state index in [1.807, 2.05) is 12.3 Å². The van der Waals surface area contributed by atoms with Crippen molar-refractivity contribution < 1.29 is 17.6 Å². The van der Waals surface area contributed by atoms with E-state index in [-0.39, 0.29) is 22.9 Å². The highest BCUT2D eigenvalue weighted by molar-refractivity contribution is 7.90. The van der Waals surface area contributed by atoms with Crippen molar-refractivity contribution in [2.45, 2.75) is 18.4 Å². The summed E-state index contributed by atoms with van der Waals surface area (Å²) in [7, 11) is -3.36.